The van der Waals surface area contributed by atoms with Crippen molar-refractivity contribution in [2.24, 2.45) is 10.8 Å². The summed E-state index contributed by atoms with van der Waals surface area (Å²) < 4.78 is 30.4. The minimum absolute atomic E-state index is 0.00201. The molecule has 0 N–H and O–H groups in total. The Labute approximate surface area is 245 Å². The van der Waals surface area contributed by atoms with Gasteiger partial charge in [0.1, 0.15) is 0 Å². The molecule has 2 heterocycles. The Balaban J connectivity index is 1.39. The van der Waals surface area contributed by atoms with Crippen molar-refractivity contribution in [2.75, 3.05) is 13.6 Å². The summed E-state index contributed by atoms with van der Waals surface area (Å²) in [5.41, 5.74) is 4.82. The molecule has 5 nitrogen and oxygen atoms in total. The highest BCUT2D eigenvalue weighted by Gasteiger charge is 2.47. The van der Waals surface area contributed by atoms with E-state index in [0.29, 0.717) is 0 Å². The third kappa shape index (κ3) is 5.50. The van der Waals surface area contributed by atoms with E-state index in [1.165, 1.54) is 60.8 Å². The lowest BCUT2D eigenvalue weighted by Crippen LogP contribution is -2.49. The SMILES string of the molecule is C=C(C)C1(C(Cc2ccc3c(c2)OCO3)OC(Cc2ccc3c(c2)OCO3)C2(C(=C)C)CCCCC2)CCCCC1. The maximum absolute atomic E-state index is 7.64. The first-order valence-electron chi connectivity index (χ1n) is 15.6. The van der Waals surface area contributed by atoms with Crippen LogP contribution in [0.3, 0.4) is 0 Å². The second-order valence-electron chi connectivity index (χ2n) is 12.9. The molecule has 0 amide bonds. The van der Waals surface area contributed by atoms with Crippen LogP contribution in [0.2, 0.25) is 0 Å². The smallest absolute Gasteiger partial charge is 0.231 e. The molecule has 2 aliphatic carbocycles. The molecule has 0 aromatic heterocycles. The van der Waals surface area contributed by atoms with Crippen molar-refractivity contribution in [3.63, 3.8) is 0 Å². The quantitative estimate of drug-likeness (QED) is 0.273. The zero-order valence-corrected chi connectivity index (χ0v) is 25.0. The summed E-state index contributed by atoms with van der Waals surface area (Å²) >= 11 is 0. The van der Waals surface area contributed by atoms with Crippen molar-refractivity contribution in [3.05, 3.63) is 71.8 Å². The first-order valence-corrected chi connectivity index (χ1v) is 15.6. The Morgan fingerprint density at radius 2 is 1.02 bits per heavy atom. The van der Waals surface area contributed by atoms with Crippen molar-refractivity contribution < 1.29 is 23.7 Å². The van der Waals surface area contributed by atoms with Crippen LogP contribution in [-0.2, 0) is 17.6 Å². The Morgan fingerprint density at radius 1 is 0.634 bits per heavy atom. The van der Waals surface area contributed by atoms with Crippen LogP contribution in [0.25, 0.3) is 0 Å². The van der Waals surface area contributed by atoms with Crippen LogP contribution >= 0.6 is 0 Å². The molecule has 0 bridgehead atoms. The van der Waals surface area contributed by atoms with Gasteiger partial charge in [-0.05, 0) is 87.8 Å². The van der Waals surface area contributed by atoms with Crippen molar-refractivity contribution in [1.82, 2.24) is 0 Å². The Kier molecular flexibility index (Phi) is 8.09. The molecular weight excluding hydrogens is 512 g/mol. The summed E-state index contributed by atoms with van der Waals surface area (Å²) in [5.74, 6) is 3.30. The second-order valence-corrected chi connectivity index (χ2v) is 12.9. The molecule has 2 unspecified atom stereocenters. The monoisotopic (exact) mass is 558 g/mol. The van der Waals surface area contributed by atoms with Gasteiger partial charge in [-0.25, -0.2) is 0 Å². The van der Waals surface area contributed by atoms with Gasteiger partial charge in [-0.2, -0.15) is 0 Å². The third-order valence-electron chi connectivity index (χ3n) is 10.5. The Hall–Kier alpha value is -2.92. The van der Waals surface area contributed by atoms with Gasteiger partial charge in [0.2, 0.25) is 13.6 Å². The number of benzene rings is 2. The molecule has 41 heavy (non-hydrogen) atoms. The molecule has 4 aliphatic rings. The first kappa shape index (κ1) is 28.2. The number of hydrogen-bond acceptors (Lipinski definition) is 5. The summed E-state index contributed by atoms with van der Waals surface area (Å²) in [4.78, 5) is 0. The predicted octanol–water partition coefficient (Wildman–Crippen LogP) is 8.74. The number of fused-ring (bicyclic) bond motifs is 2. The van der Waals surface area contributed by atoms with Crippen LogP contribution in [0.5, 0.6) is 23.0 Å². The molecule has 2 atom stereocenters. The average molecular weight is 559 g/mol. The van der Waals surface area contributed by atoms with E-state index in [1.54, 1.807) is 0 Å². The fraction of sp³-hybridized carbons (Fsp3) is 0.556. The van der Waals surface area contributed by atoms with Gasteiger partial charge in [0, 0.05) is 10.8 Å². The van der Waals surface area contributed by atoms with Crippen molar-refractivity contribution in [3.8, 4) is 23.0 Å². The minimum Gasteiger partial charge on any atom is -0.454 e. The van der Waals surface area contributed by atoms with Crippen LogP contribution in [0.4, 0.5) is 0 Å². The standard InChI is InChI=1S/C36H46O5/c1-25(2)35(15-7-5-8-16-35)33(21-27-11-13-29-31(19-27)39-23-37-29)41-34(36(26(3)4)17-9-6-10-18-36)22-28-12-14-30-32(20-28)40-24-38-30/h11-14,19-20,33-34H,1,3,5-10,15-18,21-24H2,2,4H3. The van der Waals surface area contributed by atoms with Gasteiger partial charge in [-0.1, -0.05) is 75.0 Å². The summed E-state index contributed by atoms with van der Waals surface area (Å²) in [7, 11) is 0. The van der Waals surface area contributed by atoms with Gasteiger partial charge < -0.3 is 23.7 Å². The van der Waals surface area contributed by atoms with Gasteiger partial charge >= 0.3 is 0 Å². The van der Waals surface area contributed by atoms with Crippen LogP contribution in [-0.4, -0.2) is 25.8 Å². The number of ether oxygens (including phenoxy) is 5. The first-order chi connectivity index (χ1) is 19.9. The largest absolute Gasteiger partial charge is 0.454 e. The molecule has 2 aromatic rings. The van der Waals surface area contributed by atoms with Crippen LogP contribution in [0.1, 0.15) is 89.2 Å². The Bertz CT molecular complexity index is 1170. The average Bonchev–Trinajstić information content (AvgIpc) is 3.66. The molecule has 2 aromatic carbocycles. The lowest BCUT2D eigenvalue weighted by Gasteiger charge is -2.50. The molecule has 6 rings (SSSR count). The normalized spacial score (nSPS) is 21.7. The summed E-state index contributed by atoms with van der Waals surface area (Å²) in [6.07, 6.45) is 13.5. The van der Waals surface area contributed by atoms with E-state index >= 15 is 0 Å². The highest BCUT2D eigenvalue weighted by Crippen LogP contribution is 2.52. The summed E-state index contributed by atoms with van der Waals surface area (Å²) in [5, 5.41) is 0. The lowest BCUT2D eigenvalue weighted by molar-refractivity contribution is -0.127. The lowest BCUT2D eigenvalue weighted by atomic mass is 9.63. The zero-order valence-electron chi connectivity index (χ0n) is 25.0. The molecule has 2 aliphatic heterocycles. The second kappa shape index (κ2) is 11.8. The van der Waals surface area contributed by atoms with E-state index in [-0.39, 0.29) is 36.6 Å². The fourth-order valence-corrected chi connectivity index (χ4v) is 7.92. The molecule has 2 saturated carbocycles. The Morgan fingerprint density at radius 3 is 1.41 bits per heavy atom. The molecule has 0 radical (unpaired) electrons. The van der Waals surface area contributed by atoms with Crippen molar-refractivity contribution >= 4 is 0 Å². The predicted molar refractivity (Wildman–Crippen MR) is 162 cm³/mol. The van der Waals surface area contributed by atoms with Crippen LogP contribution in [0, 0.1) is 10.8 Å². The van der Waals surface area contributed by atoms with E-state index in [1.807, 2.05) is 12.1 Å². The molecule has 0 saturated heterocycles. The minimum atomic E-state index is -0.0628. The van der Waals surface area contributed by atoms with E-state index in [2.05, 4.69) is 51.3 Å². The highest BCUT2D eigenvalue weighted by atomic mass is 16.7. The topological polar surface area (TPSA) is 46.2 Å². The van der Waals surface area contributed by atoms with Crippen LogP contribution < -0.4 is 18.9 Å². The van der Waals surface area contributed by atoms with Gasteiger partial charge in [0.05, 0.1) is 12.2 Å². The molecule has 220 valence electrons. The van der Waals surface area contributed by atoms with Crippen molar-refractivity contribution in [2.45, 2.75) is 103 Å². The van der Waals surface area contributed by atoms with E-state index in [4.69, 9.17) is 23.7 Å². The molecular formula is C36H46O5. The molecule has 5 heteroatoms. The molecule has 0 spiro atoms. The summed E-state index contributed by atoms with van der Waals surface area (Å²) in [6.45, 7) is 14.2. The fourth-order valence-electron chi connectivity index (χ4n) is 7.92. The van der Waals surface area contributed by atoms with Gasteiger partial charge in [-0.3, -0.25) is 0 Å². The highest BCUT2D eigenvalue weighted by molar-refractivity contribution is 5.46. The van der Waals surface area contributed by atoms with Gasteiger partial charge in [0.15, 0.2) is 23.0 Å². The maximum Gasteiger partial charge on any atom is 0.231 e. The number of rotatable bonds is 10. The van der Waals surface area contributed by atoms with E-state index in [9.17, 15) is 0 Å². The summed E-state index contributed by atoms with van der Waals surface area (Å²) in [6, 6.07) is 12.8. The zero-order chi connectivity index (χ0) is 28.5. The molecule has 2 fully saturated rings. The van der Waals surface area contributed by atoms with E-state index in [0.717, 1.165) is 61.5 Å². The van der Waals surface area contributed by atoms with Crippen molar-refractivity contribution in [1.29, 1.82) is 0 Å². The number of hydrogen-bond donors (Lipinski definition) is 0. The van der Waals surface area contributed by atoms with Crippen LogP contribution in [0.15, 0.2) is 60.7 Å². The third-order valence-corrected chi connectivity index (χ3v) is 10.5. The van der Waals surface area contributed by atoms with Gasteiger partial charge in [-0.15, -0.1) is 0 Å². The van der Waals surface area contributed by atoms with E-state index < -0.39 is 0 Å². The maximum atomic E-state index is 7.64. The van der Waals surface area contributed by atoms with Gasteiger partial charge in [0.25, 0.3) is 0 Å².